The zero-order chi connectivity index (χ0) is 19.0. The van der Waals surface area contributed by atoms with Gasteiger partial charge in [-0.05, 0) is 75.7 Å². The number of amides is 1. The first kappa shape index (κ1) is 19.6. The van der Waals surface area contributed by atoms with Crippen LogP contribution in [-0.4, -0.2) is 70.1 Å². The summed E-state index contributed by atoms with van der Waals surface area (Å²) in [5.74, 6) is 2.46. The van der Waals surface area contributed by atoms with Gasteiger partial charge in [0.15, 0.2) is 0 Å². The lowest BCUT2D eigenvalue weighted by molar-refractivity contribution is -0.127. The van der Waals surface area contributed by atoms with Gasteiger partial charge >= 0.3 is 0 Å². The number of hydrogen-bond acceptors (Lipinski definition) is 5. The van der Waals surface area contributed by atoms with Crippen molar-refractivity contribution in [1.29, 1.82) is 0 Å². The Morgan fingerprint density at radius 3 is 2.22 bits per heavy atom. The van der Waals surface area contributed by atoms with Gasteiger partial charge in [0.1, 0.15) is 0 Å². The molecule has 3 atom stereocenters. The van der Waals surface area contributed by atoms with Gasteiger partial charge < -0.3 is 25.5 Å². The van der Waals surface area contributed by atoms with Crippen LogP contribution in [0.2, 0.25) is 0 Å². The summed E-state index contributed by atoms with van der Waals surface area (Å²) in [6.45, 7) is 1.73. The van der Waals surface area contributed by atoms with Crippen molar-refractivity contribution in [3.8, 4) is 0 Å². The van der Waals surface area contributed by atoms with Crippen molar-refractivity contribution in [3.05, 3.63) is 0 Å². The Bertz CT molecular complexity index is 505. The number of hydrogen-bond donors (Lipinski definition) is 4. The fourth-order valence-electron chi connectivity index (χ4n) is 6.79. The molecular weight excluding hydrogens is 344 g/mol. The number of unbranched alkanes of at least 4 members (excludes halogenated alkanes) is 1. The number of β-amino-alcohol motifs (C(OH)–C–C–N with tert-alkyl or cyclic N) is 1. The van der Waals surface area contributed by atoms with Crippen molar-refractivity contribution in [2.24, 2.45) is 23.7 Å². The molecule has 0 aromatic carbocycles. The molecule has 0 spiro atoms. The van der Waals surface area contributed by atoms with Crippen molar-refractivity contribution in [2.45, 2.75) is 75.5 Å². The van der Waals surface area contributed by atoms with E-state index in [0.717, 1.165) is 37.1 Å². The quantitative estimate of drug-likeness (QED) is 0.492. The Kier molecular flexibility index (Phi) is 5.79. The largest absolute Gasteiger partial charge is 0.396 e. The fraction of sp³-hybridized carbons (Fsp3) is 0.952. The van der Waals surface area contributed by atoms with Crippen LogP contribution in [0.1, 0.15) is 57.8 Å². The predicted octanol–water partition coefficient (Wildman–Crippen LogP) is 0.888. The minimum absolute atomic E-state index is 0.104. The molecule has 154 valence electrons. The van der Waals surface area contributed by atoms with Crippen LogP contribution in [0.3, 0.4) is 0 Å². The van der Waals surface area contributed by atoms with Crippen molar-refractivity contribution in [3.63, 3.8) is 0 Å². The second kappa shape index (κ2) is 7.97. The molecule has 6 heteroatoms. The van der Waals surface area contributed by atoms with E-state index in [1.165, 1.54) is 38.5 Å². The number of aliphatic hydroxyl groups is 3. The normalized spacial score (nSPS) is 43.8. The van der Waals surface area contributed by atoms with Crippen LogP contribution in [0.25, 0.3) is 0 Å². The molecule has 6 nitrogen and oxygen atoms in total. The standard InChI is InChI=1S/C21H36N2O4/c24-13-17-11-23(12-18(25)20(17)27)4-2-1-3-19(26)22-21-8-14-5-15(9-21)7-16(6-14)10-21/h14-18,20,24-25,27H,1-13H2,(H,22,26)/t14?,15?,16?,17-,18-,20-,21?/m1/s1. The molecular formula is C21H36N2O4. The van der Waals surface area contributed by atoms with Gasteiger partial charge in [0.25, 0.3) is 0 Å². The molecule has 0 aromatic heterocycles. The van der Waals surface area contributed by atoms with Crippen molar-refractivity contribution >= 4 is 5.91 Å². The molecule has 0 radical (unpaired) electrons. The molecule has 0 unspecified atom stereocenters. The number of likely N-dealkylation sites (tertiary alicyclic amines) is 1. The molecule has 4 bridgehead atoms. The van der Waals surface area contributed by atoms with Gasteiger partial charge in [-0.15, -0.1) is 0 Å². The van der Waals surface area contributed by atoms with Crippen molar-refractivity contribution in [1.82, 2.24) is 10.2 Å². The van der Waals surface area contributed by atoms with Crippen LogP contribution >= 0.6 is 0 Å². The van der Waals surface area contributed by atoms with Crippen LogP contribution in [0.4, 0.5) is 0 Å². The summed E-state index contributed by atoms with van der Waals surface area (Å²) in [5, 5.41) is 32.5. The van der Waals surface area contributed by atoms with Crippen LogP contribution in [0.15, 0.2) is 0 Å². The molecule has 4 aliphatic carbocycles. The average Bonchev–Trinajstić information content (AvgIpc) is 2.60. The van der Waals surface area contributed by atoms with E-state index < -0.39 is 12.2 Å². The van der Waals surface area contributed by atoms with E-state index in [4.69, 9.17) is 0 Å². The summed E-state index contributed by atoms with van der Waals surface area (Å²) in [5.41, 5.74) is 0.104. The Hall–Kier alpha value is -0.690. The van der Waals surface area contributed by atoms with Crippen LogP contribution in [0, 0.1) is 23.7 Å². The lowest BCUT2D eigenvalue weighted by atomic mass is 9.53. The number of aliphatic hydroxyl groups excluding tert-OH is 3. The lowest BCUT2D eigenvalue weighted by Gasteiger charge is -2.56. The molecule has 5 aliphatic rings. The Morgan fingerprint density at radius 1 is 1.00 bits per heavy atom. The minimum Gasteiger partial charge on any atom is -0.396 e. The highest BCUT2D eigenvalue weighted by atomic mass is 16.3. The molecule has 1 heterocycles. The van der Waals surface area contributed by atoms with Crippen LogP contribution in [0.5, 0.6) is 0 Å². The summed E-state index contributed by atoms with van der Waals surface area (Å²) < 4.78 is 0. The second-order valence-electron chi connectivity index (χ2n) is 9.96. The monoisotopic (exact) mass is 380 g/mol. The molecule has 1 saturated heterocycles. The number of carbonyl (C=O) groups is 1. The summed E-state index contributed by atoms with van der Waals surface area (Å²) in [4.78, 5) is 14.6. The zero-order valence-electron chi connectivity index (χ0n) is 16.4. The summed E-state index contributed by atoms with van der Waals surface area (Å²) in [6, 6.07) is 0. The van der Waals surface area contributed by atoms with E-state index in [0.29, 0.717) is 19.5 Å². The number of carbonyl (C=O) groups excluding carboxylic acids is 1. The molecule has 0 aromatic rings. The van der Waals surface area contributed by atoms with E-state index in [1.807, 2.05) is 0 Å². The Morgan fingerprint density at radius 2 is 1.63 bits per heavy atom. The van der Waals surface area contributed by atoms with Gasteiger partial charge in [0.05, 0.1) is 12.2 Å². The van der Waals surface area contributed by atoms with Crippen LogP contribution in [-0.2, 0) is 4.79 Å². The van der Waals surface area contributed by atoms with E-state index in [2.05, 4.69) is 10.2 Å². The lowest BCUT2D eigenvalue weighted by Crippen LogP contribution is -2.59. The molecule has 27 heavy (non-hydrogen) atoms. The molecule has 4 N–H and O–H groups in total. The van der Waals surface area contributed by atoms with Gasteiger partial charge in [-0.25, -0.2) is 0 Å². The maximum atomic E-state index is 12.5. The Labute approximate surface area is 162 Å². The third kappa shape index (κ3) is 4.34. The molecule has 1 aliphatic heterocycles. The van der Waals surface area contributed by atoms with E-state index in [9.17, 15) is 20.1 Å². The highest BCUT2D eigenvalue weighted by Gasteiger charge is 2.51. The maximum Gasteiger partial charge on any atom is 0.220 e. The number of rotatable bonds is 7. The first-order valence-corrected chi connectivity index (χ1v) is 11.0. The van der Waals surface area contributed by atoms with Crippen molar-refractivity contribution < 1.29 is 20.1 Å². The third-order valence-electron chi connectivity index (χ3n) is 7.62. The van der Waals surface area contributed by atoms with Gasteiger partial charge in [0, 0.05) is 37.6 Å². The number of nitrogens with zero attached hydrogens (tertiary/aromatic N) is 1. The SMILES string of the molecule is O=C(CCCCN1C[C@H](CO)[C@@H](O)[C@H](O)C1)NC12CC3CC(CC(C3)C1)C2. The first-order chi connectivity index (χ1) is 13.0. The summed E-state index contributed by atoms with van der Waals surface area (Å²) >= 11 is 0. The fourth-order valence-corrected chi connectivity index (χ4v) is 6.79. The number of piperidine rings is 1. The highest BCUT2D eigenvalue weighted by molar-refractivity contribution is 5.76. The first-order valence-electron chi connectivity index (χ1n) is 11.0. The molecule has 5 fully saturated rings. The zero-order valence-corrected chi connectivity index (χ0v) is 16.4. The van der Waals surface area contributed by atoms with E-state index in [-0.39, 0.29) is 24.0 Å². The predicted molar refractivity (Wildman–Crippen MR) is 102 cm³/mol. The summed E-state index contributed by atoms with van der Waals surface area (Å²) in [6.07, 6.45) is 8.44. The average molecular weight is 381 g/mol. The van der Waals surface area contributed by atoms with Gasteiger partial charge in [-0.2, -0.15) is 0 Å². The Balaban J connectivity index is 1.17. The highest BCUT2D eigenvalue weighted by Crippen LogP contribution is 2.55. The minimum atomic E-state index is -0.836. The molecule has 1 amide bonds. The maximum absolute atomic E-state index is 12.5. The summed E-state index contributed by atoms with van der Waals surface area (Å²) in [7, 11) is 0. The molecule has 4 saturated carbocycles. The number of nitrogens with one attached hydrogen (secondary N) is 1. The van der Waals surface area contributed by atoms with E-state index >= 15 is 0 Å². The third-order valence-corrected chi connectivity index (χ3v) is 7.62. The van der Waals surface area contributed by atoms with E-state index in [1.54, 1.807) is 0 Å². The van der Waals surface area contributed by atoms with Gasteiger partial charge in [-0.1, -0.05) is 0 Å². The smallest absolute Gasteiger partial charge is 0.220 e. The van der Waals surface area contributed by atoms with Gasteiger partial charge in [-0.3, -0.25) is 4.79 Å². The van der Waals surface area contributed by atoms with Crippen LogP contribution < -0.4 is 5.32 Å². The van der Waals surface area contributed by atoms with Crippen molar-refractivity contribution in [2.75, 3.05) is 26.2 Å². The molecule has 5 rings (SSSR count). The topological polar surface area (TPSA) is 93.0 Å². The van der Waals surface area contributed by atoms with Gasteiger partial charge in [0.2, 0.25) is 5.91 Å². The second-order valence-corrected chi connectivity index (χ2v) is 9.96.